The summed E-state index contributed by atoms with van der Waals surface area (Å²) >= 11 is 0. The molecule has 2 aromatic heterocycles. The molecule has 0 fully saturated rings. The largest absolute Gasteiger partial charge is 0.455 e. The quantitative estimate of drug-likeness (QED) is 0.165. The maximum absolute atomic E-state index is 6.56. The van der Waals surface area contributed by atoms with E-state index in [1.807, 2.05) is 30.3 Å². The summed E-state index contributed by atoms with van der Waals surface area (Å²) in [6, 6.07) is 85.9. The third-order valence-corrected chi connectivity index (χ3v) is 13.3. The second-order valence-electron chi connectivity index (χ2n) is 17.4. The molecule has 0 radical (unpaired) electrons. The summed E-state index contributed by atoms with van der Waals surface area (Å²) in [6.45, 7) is 0. The normalized spacial score (nSPS) is 13.7. The topological polar surface area (TPSA) is 54.8 Å². The lowest BCUT2D eigenvalue weighted by atomic mass is 9.97. The van der Waals surface area contributed by atoms with Crippen molar-refractivity contribution in [3.05, 3.63) is 259 Å². The van der Waals surface area contributed by atoms with Gasteiger partial charge >= 0.3 is 0 Å². The highest BCUT2D eigenvalue weighted by Gasteiger charge is 2.24. The molecule has 10 aromatic carbocycles. The first-order chi connectivity index (χ1) is 33.7. The van der Waals surface area contributed by atoms with E-state index in [9.17, 15) is 0 Å². The van der Waals surface area contributed by atoms with Crippen LogP contribution in [0.5, 0.6) is 0 Å². The van der Waals surface area contributed by atoms with Crippen LogP contribution in [0, 0.1) is 0 Å². The number of nitrogens with one attached hydrogen (secondary N) is 1. The zero-order chi connectivity index (χ0) is 45.0. The smallest absolute Gasteiger partial charge is 0.159 e. The molecular formula is C63H42N4O. The van der Waals surface area contributed by atoms with E-state index in [0.29, 0.717) is 5.84 Å². The first kappa shape index (κ1) is 39.3. The average Bonchev–Trinajstić information content (AvgIpc) is 3.97. The zero-order valence-corrected chi connectivity index (χ0v) is 36.9. The van der Waals surface area contributed by atoms with Crippen LogP contribution in [-0.4, -0.2) is 16.2 Å². The summed E-state index contributed by atoms with van der Waals surface area (Å²) in [5.74, 6) is 1.45. The molecule has 0 saturated heterocycles. The van der Waals surface area contributed by atoms with Crippen LogP contribution >= 0.6 is 0 Å². The van der Waals surface area contributed by atoms with Gasteiger partial charge in [0.15, 0.2) is 5.84 Å². The molecule has 5 nitrogen and oxygen atoms in total. The van der Waals surface area contributed by atoms with Crippen molar-refractivity contribution in [1.82, 2.24) is 9.88 Å². The average molecular weight is 871 g/mol. The first-order valence-electron chi connectivity index (χ1n) is 23.1. The highest BCUT2D eigenvalue weighted by atomic mass is 16.3. The van der Waals surface area contributed by atoms with Gasteiger partial charge in [-0.3, -0.25) is 0 Å². The van der Waals surface area contributed by atoms with Crippen molar-refractivity contribution in [3.8, 4) is 50.2 Å². The van der Waals surface area contributed by atoms with Gasteiger partial charge in [-0.1, -0.05) is 200 Å². The summed E-state index contributed by atoms with van der Waals surface area (Å²) < 4.78 is 8.98. The highest BCUT2D eigenvalue weighted by Crippen LogP contribution is 2.42. The Balaban J connectivity index is 0.944. The summed E-state index contributed by atoms with van der Waals surface area (Å²) in [5, 5.41) is 8.41. The second-order valence-corrected chi connectivity index (χ2v) is 17.4. The fourth-order valence-corrected chi connectivity index (χ4v) is 9.98. The Kier molecular flexibility index (Phi) is 9.50. The van der Waals surface area contributed by atoms with Gasteiger partial charge in [0.05, 0.1) is 16.7 Å². The van der Waals surface area contributed by atoms with Gasteiger partial charge in [0, 0.05) is 43.8 Å². The van der Waals surface area contributed by atoms with Crippen LogP contribution in [-0.2, 0) is 0 Å². The second kappa shape index (κ2) is 16.4. The number of aliphatic imine (C=N–C) groups is 2. The fraction of sp³-hybridized carbons (Fsp3) is 0.0159. The molecule has 68 heavy (non-hydrogen) atoms. The van der Waals surface area contributed by atoms with Crippen molar-refractivity contribution >= 4 is 55.4 Å². The van der Waals surface area contributed by atoms with E-state index in [2.05, 4.69) is 222 Å². The van der Waals surface area contributed by atoms with Crippen LogP contribution in [0.1, 0.15) is 22.9 Å². The minimum atomic E-state index is -0.423. The number of nitrogens with zero attached hydrogens (tertiary/aromatic N) is 3. The lowest BCUT2D eigenvalue weighted by Gasteiger charge is -2.25. The van der Waals surface area contributed by atoms with Gasteiger partial charge in [0.2, 0.25) is 0 Å². The van der Waals surface area contributed by atoms with Crippen LogP contribution in [0.2, 0.25) is 0 Å². The van der Waals surface area contributed by atoms with Crippen LogP contribution in [0.4, 0.5) is 0 Å². The third kappa shape index (κ3) is 6.88. The van der Waals surface area contributed by atoms with Crippen molar-refractivity contribution < 1.29 is 4.42 Å². The van der Waals surface area contributed by atoms with Gasteiger partial charge in [-0.15, -0.1) is 0 Å². The van der Waals surface area contributed by atoms with E-state index in [4.69, 9.17) is 14.4 Å². The van der Waals surface area contributed by atoms with Crippen LogP contribution in [0.25, 0.3) is 93.9 Å². The number of fused-ring (bicyclic) bond motifs is 6. The summed E-state index contributed by atoms with van der Waals surface area (Å²) in [6.07, 6.45) is -0.423. The molecule has 1 unspecified atom stereocenters. The summed E-state index contributed by atoms with van der Waals surface area (Å²) in [5.41, 5.74) is 17.1. The molecule has 320 valence electrons. The Hall–Kier alpha value is -9.06. The molecule has 1 atom stereocenters. The number of aromatic nitrogens is 1. The Morgan fingerprint density at radius 1 is 0.382 bits per heavy atom. The molecule has 0 bridgehead atoms. The molecular weight excluding hydrogens is 829 g/mol. The maximum atomic E-state index is 6.56. The molecule has 0 aliphatic carbocycles. The lowest BCUT2D eigenvalue weighted by Crippen LogP contribution is -2.33. The fourth-order valence-electron chi connectivity index (χ4n) is 9.98. The van der Waals surface area contributed by atoms with Crippen LogP contribution in [0.3, 0.4) is 0 Å². The van der Waals surface area contributed by atoms with Crippen molar-refractivity contribution in [2.24, 2.45) is 9.98 Å². The number of amidine groups is 2. The Bertz CT molecular complexity index is 3940. The van der Waals surface area contributed by atoms with E-state index >= 15 is 0 Å². The highest BCUT2D eigenvalue weighted by molar-refractivity contribution is 6.15. The molecule has 12 aromatic rings. The zero-order valence-electron chi connectivity index (χ0n) is 36.9. The van der Waals surface area contributed by atoms with Gasteiger partial charge in [0.1, 0.15) is 23.2 Å². The standard InChI is InChI=1S/C63H42N4O/c1-4-17-41(18-5-1)44-23-14-24-45(37-44)46-25-15-26-48(38-46)62-64-61(43-21-8-3-9-22-43)65-63(66-62)49-34-36-57(55(39-49)42-19-6-2-7-20-42)67-56-31-12-10-27-51(56)52-35-33-47(40-58(52)67)50-29-16-30-54-53-28-11-13-32-59(53)68-60(50)54/h1-40,63H,(H,64,65,66). The Labute approximate surface area is 393 Å². The molecule has 0 saturated carbocycles. The molecule has 0 spiro atoms. The first-order valence-corrected chi connectivity index (χ1v) is 23.1. The molecule has 1 N–H and O–H groups in total. The number of benzene rings is 10. The van der Waals surface area contributed by atoms with Crippen molar-refractivity contribution in [3.63, 3.8) is 0 Å². The summed E-state index contributed by atoms with van der Waals surface area (Å²) in [4.78, 5) is 10.6. The minimum absolute atomic E-state index is 0.423. The SMILES string of the molecule is c1ccc(C2=NC(c3ccc(-n4c5ccccc5c5ccc(-c6cccc7c6oc6ccccc67)cc54)c(-c4ccccc4)c3)NC(c3cccc(-c4cccc(-c5ccccc5)c4)c3)=N2)cc1. The minimum Gasteiger partial charge on any atom is -0.455 e. The lowest BCUT2D eigenvalue weighted by molar-refractivity contribution is 0.670. The predicted molar refractivity (Wildman–Crippen MR) is 282 cm³/mol. The van der Waals surface area contributed by atoms with Gasteiger partial charge in [-0.05, 0) is 81.4 Å². The number of para-hydroxylation sites is 3. The van der Waals surface area contributed by atoms with E-state index in [1.165, 1.54) is 21.9 Å². The van der Waals surface area contributed by atoms with Gasteiger partial charge in [-0.25, -0.2) is 9.98 Å². The number of rotatable bonds is 8. The molecule has 3 heterocycles. The molecule has 0 amide bonds. The molecule has 5 heteroatoms. The number of hydrogen-bond acceptors (Lipinski definition) is 4. The van der Waals surface area contributed by atoms with E-state index < -0.39 is 6.17 Å². The van der Waals surface area contributed by atoms with E-state index in [0.717, 1.165) is 94.6 Å². The predicted octanol–water partition coefficient (Wildman–Crippen LogP) is 15.8. The van der Waals surface area contributed by atoms with Crippen molar-refractivity contribution in [1.29, 1.82) is 0 Å². The van der Waals surface area contributed by atoms with E-state index in [1.54, 1.807) is 0 Å². The van der Waals surface area contributed by atoms with E-state index in [-0.39, 0.29) is 0 Å². The number of furan rings is 1. The Morgan fingerprint density at radius 3 is 1.75 bits per heavy atom. The Morgan fingerprint density at radius 2 is 0.971 bits per heavy atom. The van der Waals surface area contributed by atoms with Gasteiger partial charge < -0.3 is 14.3 Å². The third-order valence-electron chi connectivity index (χ3n) is 13.3. The number of hydrogen-bond donors (Lipinski definition) is 1. The molecule has 1 aliphatic rings. The molecule has 1 aliphatic heterocycles. The van der Waals surface area contributed by atoms with Gasteiger partial charge in [0.25, 0.3) is 0 Å². The summed E-state index contributed by atoms with van der Waals surface area (Å²) in [7, 11) is 0. The van der Waals surface area contributed by atoms with Crippen LogP contribution < -0.4 is 5.32 Å². The maximum Gasteiger partial charge on any atom is 0.159 e. The van der Waals surface area contributed by atoms with Crippen molar-refractivity contribution in [2.45, 2.75) is 6.17 Å². The monoisotopic (exact) mass is 870 g/mol. The van der Waals surface area contributed by atoms with Crippen LogP contribution in [0.15, 0.2) is 257 Å². The molecule has 13 rings (SSSR count). The van der Waals surface area contributed by atoms with Gasteiger partial charge in [-0.2, -0.15) is 0 Å². The van der Waals surface area contributed by atoms with Crippen molar-refractivity contribution in [2.75, 3.05) is 0 Å².